The number of rotatable bonds is 17. The Hall–Kier alpha value is -2.75. The van der Waals surface area contributed by atoms with Gasteiger partial charge in [0.1, 0.15) is 11.5 Å². The van der Waals surface area contributed by atoms with E-state index in [1.807, 2.05) is 42.5 Å². The highest BCUT2D eigenvalue weighted by Crippen LogP contribution is 2.43. The van der Waals surface area contributed by atoms with E-state index in [1.165, 1.54) is 70.6 Å². The van der Waals surface area contributed by atoms with E-state index in [1.54, 1.807) is 14.2 Å². The van der Waals surface area contributed by atoms with Gasteiger partial charge in [0.15, 0.2) is 0 Å². The van der Waals surface area contributed by atoms with Crippen LogP contribution in [0.4, 0.5) is 5.69 Å². The van der Waals surface area contributed by atoms with Crippen LogP contribution in [0.5, 0.6) is 11.5 Å². The van der Waals surface area contributed by atoms with E-state index in [-0.39, 0.29) is 5.91 Å². The lowest BCUT2D eigenvalue weighted by Gasteiger charge is -2.16. The SMILES string of the molecule is CCCCCCCCCCCCCCCC(=O)Nc1ccc2c(OC)c3ccccc3c(OC)c2c1. The van der Waals surface area contributed by atoms with E-state index < -0.39 is 0 Å². The van der Waals surface area contributed by atoms with Gasteiger partial charge in [0.25, 0.3) is 0 Å². The first kappa shape index (κ1) is 27.8. The Bertz CT molecular complexity index is 1090. The summed E-state index contributed by atoms with van der Waals surface area (Å²) in [4.78, 5) is 12.6. The summed E-state index contributed by atoms with van der Waals surface area (Å²) in [5.41, 5.74) is 0.790. The number of ether oxygens (including phenoxy) is 2. The smallest absolute Gasteiger partial charge is 0.224 e. The standard InChI is InChI=1S/C32H45NO3/c1-4-5-6-7-8-9-10-11-12-13-14-15-16-21-30(34)33-25-22-23-28-29(24-25)32(36-3)27-20-18-17-19-26(27)31(28)35-2/h17-20,22-24H,4-16,21H2,1-3H3,(H,33,34). The molecule has 0 aromatic heterocycles. The van der Waals surface area contributed by atoms with Gasteiger partial charge in [-0.05, 0) is 24.6 Å². The topological polar surface area (TPSA) is 47.6 Å². The van der Waals surface area contributed by atoms with Gasteiger partial charge in [0.2, 0.25) is 5.91 Å². The second-order valence-corrected chi connectivity index (χ2v) is 9.91. The van der Waals surface area contributed by atoms with Crippen molar-refractivity contribution in [2.45, 2.75) is 96.8 Å². The number of carbonyl (C=O) groups excluding carboxylic acids is 1. The molecular formula is C32H45NO3. The Balaban J connectivity index is 1.42. The van der Waals surface area contributed by atoms with E-state index in [2.05, 4.69) is 12.2 Å². The number of anilines is 1. The lowest BCUT2D eigenvalue weighted by atomic mass is 10.00. The molecule has 4 heteroatoms. The van der Waals surface area contributed by atoms with E-state index in [0.29, 0.717) is 6.42 Å². The van der Waals surface area contributed by atoms with Crippen molar-refractivity contribution in [1.82, 2.24) is 0 Å². The summed E-state index contributed by atoms with van der Waals surface area (Å²) in [5.74, 6) is 1.70. The van der Waals surface area contributed by atoms with Crippen molar-refractivity contribution in [3.8, 4) is 11.5 Å². The molecule has 3 aromatic carbocycles. The van der Waals surface area contributed by atoms with Crippen LogP contribution >= 0.6 is 0 Å². The summed E-state index contributed by atoms with van der Waals surface area (Å²) in [6.07, 6.45) is 17.6. The van der Waals surface area contributed by atoms with Crippen molar-refractivity contribution >= 4 is 33.1 Å². The average molecular weight is 492 g/mol. The maximum Gasteiger partial charge on any atom is 0.224 e. The van der Waals surface area contributed by atoms with E-state index in [0.717, 1.165) is 51.6 Å². The van der Waals surface area contributed by atoms with Crippen LogP contribution in [0, 0.1) is 0 Å². The molecule has 0 aliphatic carbocycles. The molecule has 0 saturated heterocycles. The number of benzene rings is 3. The molecule has 0 heterocycles. The van der Waals surface area contributed by atoms with Crippen molar-refractivity contribution < 1.29 is 14.3 Å². The van der Waals surface area contributed by atoms with Crippen molar-refractivity contribution in [2.24, 2.45) is 0 Å². The third-order valence-electron chi connectivity index (χ3n) is 7.12. The minimum Gasteiger partial charge on any atom is -0.495 e. The molecule has 36 heavy (non-hydrogen) atoms. The molecule has 0 aliphatic heterocycles. The Morgan fingerprint density at radius 2 is 1.11 bits per heavy atom. The summed E-state index contributed by atoms with van der Waals surface area (Å²) < 4.78 is 11.5. The van der Waals surface area contributed by atoms with Crippen LogP contribution in [0.15, 0.2) is 42.5 Å². The highest BCUT2D eigenvalue weighted by atomic mass is 16.5. The Kier molecular flexibility index (Phi) is 11.9. The number of amides is 1. The third kappa shape index (κ3) is 7.88. The van der Waals surface area contributed by atoms with Gasteiger partial charge in [-0.25, -0.2) is 0 Å². The monoisotopic (exact) mass is 491 g/mol. The lowest BCUT2D eigenvalue weighted by molar-refractivity contribution is -0.116. The van der Waals surface area contributed by atoms with Gasteiger partial charge in [0.05, 0.1) is 14.2 Å². The largest absolute Gasteiger partial charge is 0.495 e. The molecule has 0 spiro atoms. The van der Waals surface area contributed by atoms with Gasteiger partial charge in [-0.3, -0.25) is 4.79 Å². The fraction of sp³-hybridized carbons (Fsp3) is 0.531. The molecule has 0 aliphatic rings. The summed E-state index contributed by atoms with van der Waals surface area (Å²) in [6.45, 7) is 2.27. The molecule has 196 valence electrons. The van der Waals surface area contributed by atoms with Gasteiger partial charge in [-0.15, -0.1) is 0 Å². The van der Waals surface area contributed by atoms with E-state index in [4.69, 9.17) is 9.47 Å². The lowest BCUT2D eigenvalue weighted by Crippen LogP contribution is -2.11. The molecule has 4 nitrogen and oxygen atoms in total. The van der Waals surface area contributed by atoms with Gasteiger partial charge in [-0.1, -0.05) is 108 Å². The number of unbranched alkanes of at least 4 members (excludes halogenated alkanes) is 12. The number of nitrogens with one attached hydrogen (secondary N) is 1. The van der Waals surface area contributed by atoms with Crippen LogP contribution in [-0.2, 0) is 4.79 Å². The zero-order valence-corrected chi connectivity index (χ0v) is 22.7. The normalized spacial score (nSPS) is 11.2. The van der Waals surface area contributed by atoms with Crippen molar-refractivity contribution in [3.05, 3.63) is 42.5 Å². The molecular weight excluding hydrogens is 446 g/mol. The molecule has 0 atom stereocenters. The summed E-state index contributed by atoms with van der Waals surface area (Å²) in [7, 11) is 3.38. The maximum absolute atomic E-state index is 12.6. The summed E-state index contributed by atoms with van der Waals surface area (Å²) in [5, 5.41) is 7.01. The molecule has 1 N–H and O–H groups in total. The Morgan fingerprint density at radius 3 is 1.64 bits per heavy atom. The second-order valence-electron chi connectivity index (χ2n) is 9.91. The first-order valence-corrected chi connectivity index (χ1v) is 14.1. The minimum absolute atomic E-state index is 0.0733. The fourth-order valence-electron chi connectivity index (χ4n) is 5.14. The average Bonchev–Trinajstić information content (AvgIpc) is 2.89. The van der Waals surface area contributed by atoms with Crippen molar-refractivity contribution in [2.75, 3.05) is 19.5 Å². The molecule has 0 radical (unpaired) electrons. The molecule has 0 fully saturated rings. The molecule has 0 bridgehead atoms. The highest BCUT2D eigenvalue weighted by Gasteiger charge is 2.15. The molecule has 3 aromatic rings. The van der Waals surface area contributed by atoms with Gasteiger partial charge in [-0.2, -0.15) is 0 Å². The Labute approximate surface area is 217 Å². The van der Waals surface area contributed by atoms with E-state index in [9.17, 15) is 4.79 Å². The second kappa shape index (κ2) is 15.4. The number of hydrogen-bond acceptors (Lipinski definition) is 3. The molecule has 1 amide bonds. The van der Waals surface area contributed by atoms with Gasteiger partial charge in [0, 0.05) is 33.7 Å². The highest BCUT2D eigenvalue weighted by molar-refractivity contribution is 6.12. The van der Waals surface area contributed by atoms with E-state index >= 15 is 0 Å². The zero-order valence-electron chi connectivity index (χ0n) is 22.7. The predicted octanol–water partition coefficient (Wildman–Crippen LogP) is 9.43. The molecule has 0 unspecified atom stereocenters. The third-order valence-corrected chi connectivity index (χ3v) is 7.12. The molecule has 3 rings (SSSR count). The first-order valence-electron chi connectivity index (χ1n) is 14.1. The predicted molar refractivity (Wildman–Crippen MR) is 153 cm³/mol. The first-order chi connectivity index (χ1) is 17.7. The van der Waals surface area contributed by atoms with Crippen LogP contribution < -0.4 is 14.8 Å². The number of methoxy groups -OCH3 is 2. The van der Waals surface area contributed by atoms with Gasteiger partial charge < -0.3 is 14.8 Å². The molecule has 0 saturated carbocycles. The minimum atomic E-state index is 0.0733. The van der Waals surface area contributed by atoms with Crippen molar-refractivity contribution in [1.29, 1.82) is 0 Å². The maximum atomic E-state index is 12.6. The number of hydrogen-bond donors (Lipinski definition) is 1. The van der Waals surface area contributed by atoms with Crippen LogP contribution in [0.3, 0.4) is 0 Å². The zero-order chi connectivity index (χ0) is 25.6. The summed E-state index contributed by atoms with van der Waals surface area (Å²) >= 11 is 0. The van der Waals surface area contributed by atoms with Crippen LogP contribution in [-0.4, -0.2) is 20.1 Å². The summed E-state index contributed by atoms with van der Waals surface area (Å²) in [6, 6.07) is 14.0. The fourth-order valence-corrected chi connectivity index (χ4v) is 5.14. The number of carbonyl (C=O) groups is 1. The van der Waals surface area contributed by atoms with Crippen LogP contribution in [0.25, 0.3) is 21.5 Å². The Morgan fingerprint density at radius 1 is 0.639 bits per heavy atom. The van der Waals surface area contributed by atoms with Crippen LogP contribution in [0.1, 0.15) is 96.8 Å². The number of fused-ring (bicyclic) bond motifs is 2. The van der Waals surface area contributed by atoms with Crippen LogP contribution in [0.2, 0.25) is 0 Å². The van der Waals surface area contributed by atoms with Gasteiger partial charge >= 0.3 is 0 Å². The quantitative estimate of drug-likeness (QED) is 0.151. The van der Waals surface area contributed by atoms with Crippen molar-refractivity contribution in [3.63, 3.8) is 0 Å².